The van der Waals surface area contributed by atoms with E-state index in [4.69, 9.17) is 0 Å². The zero-order valence-electron chi connectivity index (χ0n) is 8.50. The van der Waals surface area contributed by atoms with Gasteiger partial charge in [-0.1, -0.05) is 49.3 Å². The molecule has 0 N–H and O–H groups in total. The number of hydrogen-bond donors (Lipinski definition) is 0. The summed E-state index contributed by atoms with van der Waals surface area (Å²) < 4.78 is 0. The molecule has 0 radical (unpaired) electrons. The molecule has 2 rings (SSSR count). The highest BCUT2D eigenvalue weighted by atomic mass is 14.1. The molecule has 0 heterocycles. The molecule has 1 fully saturated rings. The Labute approximate surface area is 86.3 Å². The molecule has 0 bridgehead atoms. The van der Waals surface area contributed by atoms with Crippen molar-refractivity contribution < 1.29 is 0 Å². The number of benzene rings is 1. The largest absolute Gasteiger partial charge is 0.0945 e. The lowest BCUT2D eigenvalue weighted by molar-refractivity contribution is 0.430. The van der Waals surface area contributed by atoms with Crippen molar-refractivity contribution in [1.29, 1.82) is 0 Å². The van der Waals surface area contributed by atoms with Gasteiger partial charge in [-0.25, -0.2) is 0 Å². The van der Waals surface area contributed by atoms with Gasteiger partial charge in [-0.2, -0.15) is 0 Å². The molecular formula is C14H16. The monoisotopic (exact) mass is 184 g/mol. The van der Waals surface area contributed by atoms with Crippen molar-refractivity contribution in [2.24, 2.45) is 5.92 Å². The average molecular weight is 184 g/mol. The van der Waals surface area contributed by atoms with E-state index in [0.29, 0.717) is 5.92 Å². The summed E-state index contributed by atoms with van der Waals surface area (Å²) in [5.74, 6) is 7.31. The molecule has 14 heavy (non-hydrogen) atoms. The first-order valence-electron chi connectivity index (χ1n) is 5.52. The lowest BCUT2D eigenvalue weighted by Gasteiger charge is -2.15. The standard InChI is InChI=1S/C14H16/c1-3-7-13(8-4-1)11-12-14-9-5-2-6-10-14/h1,3-4,7-8,14H,2,5-6,9-10H2. The fraction of sp³-hybridized carbons (Fsp3) is 0.429. The van der Waals surface area contributed by atoms with Crippen molar-refractivity contribution in [2.45, 2.75) is 32.1 Å². The van der Waals surface area contributed by atoms with Gasteiger partial charge in [0.2, 0.25) is 0 Å². The zero-order chi connectivity index (χ0) is 9.64. The molecule has 0 spiro atoms. The van der Waals surface area contributed by atoms with E-state index < -0.39 is 0 Å². The predicted molar refractivity (Wildman–Crippen MR) is 59.9 cm³/mol. The molecule has 0 amide bonds. The van der Waals surface area contributed by atoms with E-state index in [9.17, 15) is 0 Å². The Hall–Kier alpha value is -1.22. The maximum absolute atomic E-state index is 3.39. The summed E-state index contributed by atoms with van der Waals surface area (Å²) in [6.45, 7) is 0. The van der Waals surface area contributed by atoms with Gasteiger partial charge in [0.25, 0.3) is 0 Å². The van der Waals surface area contributed by atoms with Gasteiger partial charge in [-0.15, -0.1) is 0 Å². The van der Waals surface area contributed by atoms with E-state index in [0.717, 1.165) is 5.56 Å². The van der Waals surface area contributed by atoms with E-state index in [1.807, 2.05) is 18.2 Å². The molecule has 1 aromatic rings. The third-order valence-corrected chi connectivity index (χ3v) is 2.80. The highest BCUT2D eigenvalue weighted by Gasteiger charge is 2.09. The second kappa shape index (κ2) is 4.86. The van der Waals surface area contributed by atoms with Gasteiger partial charge < -0.3 is 0 Å². The van der Waals surface area contributed by atoms with Gasteiger partial charge in [0.15, 0.2) is 0 Å². The molecule has 1 aliphatic rings. The van der Waals surface area contributed by atoms with Crippen LogP contribution in [0.5, 0.6) is 0 Å². The molecule has 0 nitrogen and oxygen atoms in total. The van der Waals surface area contributed by atoms with Crippen LogP contribution in [0.25, 0.3) is 0 Å². The second-order valence-corrected chi connectivity index (χ2v) is 3.97. The van der Waals surface area contributed by atoms with E-state index in [2.05, 4.69) is 24.0 Å². The van der Waals surface area contributed by atoms with Gasteiger partial charge >= 0.3 is 0 Å². The highest BCUT2D eigenvalue weighted by Crippen LogP contribution is 2.22. The maximum atomic E-state index is 3.39. The van der Waals surface area contributed by atoms with Crippen LogP contribution in [0.2, 0.25) is 0 Å². The summed E-state index contributed by atoms with van der Waals surface area (Å²) in [6, 6.07) is 10.3. The van der Waals surface area contributed by atoms with Gasteiger partial charge in [0.1, 0.15) is 0 Å². The minimum absolute atomic E-state index is 0.656. The van der Waals surface area contributed by atoms with Crippen molar-refractivity contribution >= 4 is 0 Å². The fourth-order valence-electron chi connectivity index (χ4n) is 1.95. The van der Waals surface area contributed by atoms with Crippen LogP contribution in [0.15, 0.2) is 30.3 Å². The first-order chi connectivity index (χ1) is 6.95. The van der Waals surface area contributed by atoms with Crippen LogP contribution >= 0.6 is 0 Å². The van der Waals surface area contributed by atoms with E-state index in [-0.39, 0.29) is 0 Å². The summed E-state index contributed by atoms with van der Waals surface area (Å²) in [6.07, 6.45) is 6.76. The lowest BCUT2D eigenvalue weighted by Crippen LogP contribution is -2.02. The second-order valence-electron chi connectivity index (χ2n) is 3.97. The first kappa shape index (κ1) is 9.34. The summed E-state index contributed by atoms with van der Waals surface area (Å²) in [5, 5.41) is 0. The molecule has 0 aliphatic heterocycles. The van der Waals surface area contributed by atoms with Crippen LogP contribution in [0.1, 0.15) is 37.7 Å². The van der Waals surface area contributed by atoms with Crippen LogP contribution in [-0.2, 0) is 0 Å². The SMILES string of the molecule is C(#CC1CCCCC1)c1ccccc1. The third kappa shape index (κ3) is 2.64. The van der Waals surface area contributed by atoms with Crippen molar-refractivity contribution in [3.63, 3.8) is 0 Å². The smallest absolute Gasteiger partial charge is 0.0245 e. The molecule has 1 saturated carbocycles. The summed E-state index contributed by atoms with van der Waals surface area (Å²) in [7, 11) is 0. The number of rotatable bonds is 0. The van der Waals surface area contributed by atoms with Crippen LogP contribution in [0, 0.1) is 17.8 Å². The van der Waals surface area contributed by atoms with Crippen LogP contribution < -0.4 is 0 Å². The van der Waals surface area contributed by atoms with Crippen LogP contribution in [-0.4, -0.2) is 0 Å². The molecule has 0 saturated heterocycles. The first-order valence-corrected chi connectivity index (χ1v) is 5.52. The topological polar surface area (TPSA) is 0 Å². The zero-order valence-corrected chi connectivity index (χ0v) is 8.50. The Kier molecular flexibility index (Phi) is 3.24. The van der Waals surface area contributed by atoms with Gasteiger partial charge in [0, 0.05) is 11.5 Å². The van der Waals surface area contributed by atoms with Crippen LogP contribution in [0.4, 0.5) is 0 Å². The molecule has 0 atom stereocenters. The normalized spacial score (nSPS) is 17.1. The maximum Gasteiger partial charge on any atom is 0.0245 e. The quantitative estimate of drug-likeness (QED) is 0.540. The molecule has 0 heteroatoms. The Morgan fingerprint density at radius 1 is 0.929 bits per heavy atom. The summed E-state index contributed by atoms with van der Waals surface area (Å²) in [5.41, 5.74) is 1.15. The van der Waals surface area contributed by atoms with Crippen molar-refractivity contribution in [3.8, 4) is 11.8 Å². The fourth-order valence-corrected chi connectivity index (χ4v) is 1.95. The molecule has 1 aromatic carbocycles. The Bertz CT molecular complexity index is 320. The Morgan fingerprint density at radius 2 is 1.64 bits per heavy atom. The van der Waals surface area contributed by atoms with E-state index in [1.165, 1.54) is 32.1 Å². The minimum Gasteiger partial charge on any atom is -0.0945 e. The molecule has 0 aromatic heterocycles. The molecular weight excluding hydrogens is 168 g/mol. The van der Waals surface area contributed by atoms with Crippen molar-refractivity contribution in [3.05, 3.63) is 35.9 Å². The van der Waals surface area contributed by atoms with Crippen LogP contribution in [0.3, 0.4) is 0 Å². The van der Waals surface area contributed by atoms with Crippen molar-refractivity contribution in [1.82, 2.24) is 0 Å². The van der Waals surface area contributed by atoms with E-state index >= 15 is 0 Å². The third-order valence-electron chi connectivity index (χ3n) is 2.80. The summed E-state index contributed by atoms with van der Waals surface area (Å²) >= 11 is 0. The number of hydrogen-bond acceptors (Lipinski definition) is 0. The van der Waals surface area contributed by atoms with Gasteiger partial charge in [0.05, 0.1) is 0 Å². The molecule has 0 unspecified atom stereocenters. The molecule has 72 valence electrons. The Morgan fingerprint density at radius 3 is 2.36 bits per heavy atom. The van der Waals surface area contributed by atoms with E-state index in [1.54, 1.807) is 0 Å². The average Bonchev–Trinajstić information content (AvgIpc) is 2.29. The van der Waals surface area contributed by atoms with Crippen molar-refractivity contribution in [2.75, 3.05) is 0 Å². The Balaban J connectivity index is 1.99. The minimum atomic E-state index is 0.656. The molecule has 1 aliphatic carbocycles. The van der Waals surface area contributed by atoms with Gasteiger partial charge in [-0.05, 0) is 25.0 Å². The highest BCUT2D eigenvalue weighted by molar-refractivity contribution is 5.34. The lowest BCUT2D eigenvalue weighted by atomic mass is 9.90. The predicted octanol–water partition coefficient (Wildman–Crippen LogP) is 3.62. The summed E-state index contributed by atoms with van der Waals surface area (Å²) in [4.78, 5) is 0. The van der Waals surface area contributed by atoms with Gasteiger partial charge in [-0.3, -0.25) is 0 Å².